The molecular weight excluding hydrogens is 534 g/mol. The zero-order valence-electron chi connectivity index (χ0n) is 23.1. The minimum atomic E-state index is -4.44. The van der Waals surface area contributed by atoms with Gasteiger partial charge >= 0.3 is 6.18 Å². The average Bonchev–Trinajstić information content (AvgIpc) is 3.62. The lowest BCUT2D eigenvalue weighted by atomic mass is 9.93. The highest BCUT2D eigenvalue weighted by atomic mass is 19.4. The van der Waals surface area contributed by atoms with Crippen LogP contribution in [0.3, 0.4) is 0 Å². The number of nitrogens with one attached hydrogen (secondary N) is 2. The van der Waals surface area contributed by atoms with Gasteiger partial charge in [-0.15, -0.1) is 0 Å². The van der Waals surface area contributed by atoms with Crippen LogP contribution in [-0.2, 0) is 6.54 Å². The largest absolute Gasteiger partial charge is 0.406 e. The Balaban J connectivity index is 1.21. The van der Waals surface area contributed by atoms with E-state index in [0.29, 0.717) is 47.9 Å². The highest BCUT2D eigenvalue weighted by Gasteiger charge is 2.32. The van der Waals surface area contributed by atoms with E-state index in [1.54, 1.807) is 24.3 Å². The van der Waals surface area contributed by atoms with E-state index in [2.05, 4.69) is 44.2 Å². The highest BCUT2D eigenvalue weighted by Crippen LogP contribution is 2.34. The molecule has 218 valence electrons. The average molecular weight is 570 g/mol. The van der Waals surface area contributed by atoms with Gasteiger partial charge in [0.15, 0.2) is 5.84 Å². The Bertz CT molecular complexity index is 1490. The molecule has 1 saturated heterocycles. The zero-order chi connectivity index (χ0) is 28.7. The summed E-state index contributed by atoms with van der Waals surface area (Å²) in [4.78, 5) is 11.1. The van der Waals surface area contributed by atoms with E-state index in [-0.39, 0.29) is 18.1 Å². The molecule has 0 spiro atoms. The number of hydrogen-bond acceptors (Lipinski definition) is 5. The molecule has 0 radical (unpaired) electrons. The van der Waals surface area contributed by atoms with Crippen molar-refractivity contribution >= 4 is 33.8 Å². The first-order chi connectivity index (χ1) is 19.6. The third kappa shape index (κ3) is 5.91. The first-order valence-corrected chi connectivity index (χ1v) is 14.1. The molecule has 2 fully saturated rings. The van der Waals surface area contributed by atoms with Gasteiger partial charge < -0.3 is 24.7 Å². The number of nitrogens with zero attached hydrogens (tertiary/aromatic N) is 5. The fraction of sp³-hybridized carbons (Fsp3) is 0.467. The van der Waals surface area contributed by atoms with Crippen LogP contribution in [0.4, 0.5) is 23.2 Å². The number of aromatic nitrogens is 2. The van der Waals surface area contributed by atoms with Crippen LogP contribution in [-0.4, -0.2) is 77.2 Å². The molecule has 0 bridgehead atoms. The number of halogens is 4. The predicted octanol–water partition coefficient (Wildman–Crippen LogP) is 5.65. The second kappa shape index (κ2) is 11.0. The molecule has 2 aromatic heterocycles. The van der Waals surface area contributed by atoms with Crippen molar-refractivity contribution in [1.29, 1.82) is 0 Å². The normalized spacial score (nSPS) is 22.0. The Kier molecular flexibility index (Phi) is 7.39. The summed E-state index contributed by atoms with van der Waals surface area (Å²) < 4.78 is 59.3. The molecule has 1 saturated carbocycles. The van der Waals surface area contributed by atoms with E-state index < -0.39 is 24.9 Å². The summed E-state index contributed by atoms with van der Waals surface area (Å²) in [7, 11) is 1.88. The van der Waals surface area contributed by atoms with Crippen LogP contribution in [0.25, 0.3) is 16.6 Å². The summed E-state index contributed by atoms with van der Waals surface area (Å²) in [5.41, 5.74) is 3.78. The first-order valence-electron chi connectivity index (χ1n) is 14.1. The Hall–Kier alpha value is -3.60. The Morgan fingerprint density at radius 2 is 2.00 bits per heavy atom. The minimum absolute atomic E-state index is 0.262. The highest BCUT2D eigenvalue weighted by molar-refractivity contribution is 6.14. The van der Waals surface area contributed by atoms with Crippen molar-refractivity contribution in [2.24, 2.45) is 9.98 Å². The molecule has 11 heteroatoms. The number of amidine groups is 1. The zero-order valence-corrected chi connectivity index (χ0v) is 23.1. The second-order valence-corrected chi connectivity index (χ2v) is 11.4. The van der Waals surface area contributed by atoms with Crippen LogP contribution in [0.15, 0.2) is 59.3 Å². The summed E-state index contributed by atoms with van der Waals surface area (Å²) in [5, 5.41) is 7.15. The van der Waals surface area contributed by atoms with E-state index in [1.165, 1.54) is 23.8 Å². The fourth-order valence-corrected chi connectivity index (χ4v) is 5.80. The van der Waals surface area contributed by atoms with Crippen LogP contribution in [0.5, 0.6) is 0 Å². The van der Waals surface area contributed by atoms with Gasteiger partial charge in [0.2, 0.25) is 0 Å². The number of rotatable bonds is 9. The van der Waals surface area contributed by atoms with Crippen LogP contribution < -0.4 is 10.6 Å². The number of benzene rings is 1. The number of likely N-dealkylation sites (tertiary alicyclic amines) is 1. The van der Waals surface area contributed by atoms with Crippen LogP contribution in [0.1, 0.15) is 43.0 Å². The summed E-state index contributed by atoms with van der Waals surface area (Å²) in [6.07, 6.45) is 2.90. The van der Waals surface area contributed by atoms with E-state index >= 15 is 0 Å². The number of aliphatic imine (C=N–C) groups is 2. The van der Waals surface area contributed by atoms with Gasteiger partial charge in [0.1, 0.15) is 12.7 Å². The van der Waals surface area contributed by atoms with Gasteiger partial charge in [-0.05, 0) is 57.0 Å². The molecule has 7 nitrogen and oxygen atoms in total. The molecule has 4 heterocycles. The summed E-state index contributed by atoms with van der Waals surface area (Å²) in [5.74, 6) is 0.262. The van der Waals surface area contributed by atoms with Crippen molar-refractivity contribution in [2.75, 3.05) is 38.5 Å². The molecule has 2 atom stereocenters. The third-order valence-corrected chi connectivity index (χ3v) is 8.34. The number of anilines is 1. The van der Waals surface area contributed by atoms with Crippen LogP contribution in [0.2, 0.25) is 0 Å². The smallest absolute Gasteiger partial charge is 0.380 e. The fourth-order valence-electron chi connectivity index (χ4n) is 5.80. The maximum absolute atomic E-state index is 14.8. The summed E-state index contributed by atoms with van der Waals surface area (Å²) in [6.45, 7) is 4.71. The molecule has 2 unspecified atom stereocenters. The lowest BCUT2D eigenvalue weighted by molar-refractivity contribution is -0.139. The van der Waals surface area contributed by atoms with Gasteiger partial charge in [-0.25, -0.2) is 9.38 Å². The first kappa shape index (κ1) is 27.6. The minimum Gasteiger partial charge on any atom is -0.380 e. The van der Waals surface area contributed by atoms with Gasteiger partial charge in [-0.3, -0.25) is 4.99 Å². The van der Waals surface area contributed by atoms with Crippen molar-refractivity contribution < 1.29 is 17.6 Å². The molecule has 1 aliphatic carbocycles. The number of hydrogen-bond donors (Lipinski definition) is 2. The molecule has 0 amide bonds. The molecule has 2 aliphatic heterocycles. The van der Waals surface area contributed by atoms with E-state index in [9.17, 15) is 17.6 Å². The molecule has 1 aromatic carbocycles. The van der Waals surface area contributed by atoms with Gasteiger partial charge in [-0.2, -0.15) is 13.2 Å². The van der Waals surface area contributed by atoms with Crippen LogP contribution >= 0.6 is 0 Å². The van der Waals surface area contributed by atoms with Crippen molar-refractivity contribution in [3.63, 3.8) is 0 Å². The lowest BCUT2D eigenvalue weighted by Gasteiger charge is -2.33. The maximum Gasteiger partial charge on any atom is 0.406 e. The maximum atomic E-state index is 14.8. The van der Waals surface area contributed by atoms with Gasteiger partial charge in [-0.1, -0.05) is 12.6 Å². The molecule has 6 rings (SSSR count). The predicted molar refractivity (Wildman–Crippen MR) is 156 cm³/mol. The number of piperidine rings is 1. The lowest BCUT2D eigenvalue weighted by Crippen LogP contribution is -2.46. The van der Waals surface area contributed by atoms with Crippen molar-refractivity contribution in [2.45, 2.75) is 56.7 Å². The number of fused-ring (bicyclic) bond motifs is 1. The van der Waals surface area contributed by atoms with Gasteiger partial charge in [0.25, 0.3) is 0 Å². The molecule has 3 aromatic rings. The topological polar surface area (TPSA) is 61.9 Å². The summed E-state index contributed by atoms with van der Waals surface area (Å²) in [6, 6.07) is 9.00. The Labute approximate surface area is 236 Å². The monoisotopic (exact) mass is 569 g/mol. The summed E-state index contributed by atoms with van der Waals surface area (Å²) >= 11 is 0. The van der Waals surface area contributed by atoms with Gasteiger partial charge in [0, 0.05) is 53.9 Å². The van der Waals surface area contributed by atoms with E-state index in [1.807, 2.05) is 18.0 Å². The molecular formula is C30H35F4N7. The van der Waals surface area contributed by atoms with Crippen LogP contribution in [0, 0.1) is 0 Å². The van der Waals surface area contributed by atoms with Crippen molar-refractivity contribution in [3.8, 4) is 0 Å². The molecule has 2 N–H and O–H groups in total. The molecule has 41 heavy (non-hydrogen) atoms. The Morgan fingerprint density at radius 1 is 1.17 bits per heavy atom. The Morgan fingerprint density at radius 3 is 2.73 bits per heavy atom. The second-order valence-electron chi connectivity index (χ2n) is 11.4. The quantitative estimate of drug-likeness (QED) is 0.328. The van der Waals surface area contributed by atoms with Crippen molar-refractivity contribution in [1.82, 2.24) is 19.4 Å². The standard InChI is InChI=1S/C30H35F4N7/c1-19(20-9-12-40(16-20)22-5-3-6-22)35-14-21-15-36-29(37-21)28-13-23-25(38-26-10-11-39(2)17-24(26)31)7-4-8-27(23)41(28)18-30(32,33)34/h4,7-9,12-13,16,22,24,26,35,38H,1,3,5-6,10-11,14-15,17-18H2,2H3. The van der Waals surface area contributed by atoms with Crippen molar-refractivity contribution in [3.05, 3.63) is 60.6 Å². The van der Waals surface area contributed by atoms with E-state index in [4.69, 9.17) is 0 Å². The molecule has 3 aliphatic rings. The SMILES string of the molecule is C=C(NCC1=NC(c2cc3c(NC4CCN(C)CC4F)cccc3n2CC(F)(F)F)=NC1)c1ccn(C2CCC2)c1. The van der Waals surface area contributed by atoms with Gasteiger partial charge in [0.05, 0.1) is 36.1 Å². The number of alkyl halides is 4. The van der Waals surface area contributed by atoms with E-state index in [0.717, 1.165) is 17.8 Å². The third-order valence-electron chi connectivity index (χ3n) is 8.34.